The van der Waals surface area contributed by atoms with Crippen molar-refractivity contribution in [2.75, 3.05) is 0 Å². The van der Waals surface area contributed by atoms with E-state index in [0.29, 0.717) is 5.41 Å². The molecule has 0 fully saturated rings. The fourth-order valence-electron chi connectivity index (χ4n) is 1.05. The third-order valence-corrected chi connectivity index (χ3v) is 1.41. The van der Waals surface area contributed by atoms with Gasteiger partial charge in [0.1, 0.15) is 5.60 Å². The van der Waals surface area contributed by atoms with E-state index in [0.717, 1.165) is 0 Å². The largest absolute Gasteiger partial charge is 0.444 e. The molecule has 0 spiro atoms. The first-order valence-electron chi connectivity index (χ1n) is 5.46. The number of amides is 1. The molecule has 0 rings (SSSR count). The summed E-state index contributed by atoms with van der Waals surface area (Å²) in [6.45, 7) is 14.3. The molecule has 0 heterocycles. The second-order valence-electron chi connectivity index (χ2n) is 5.84. The van der Waals surface area contributed by atoms with Crippen molar-refractivity contribution in [1.82, 2.24) is 0 Å². The van der Waals surface area contributed by atoms with Crippen LogP contribution in [0.3, 0.4) is 0 Å². The van der Waals surface area contributed by atoms with Gasteiger partial charge in [0, 0.05) is 0 Å². The van der Waals surface area contributed by atoms with Crippen molar-refractivity contribution in [3.63, 3.8) is 0 Å². The van der Waals surface area contributed by atoms with Crippen LogP contribution in [-0.4, -0.2) is 11.7 Å². The zero-order valence-electron chi connectivity index (χ0n) is 11.3. The molecule has 0 aliphatic heterocycles. The summed E-state index contributed by atoms with van der Waals surface area (Å²) in [6, 6.07) is 0. The van der Waals surface area contributed by atoms with E-state index in [9.17, 15) is 4.79 Å². The first-order chi connectivity index (χ1) is 6.48. The van der Waals surface area contributed by atoms with Crippen LogP contribution in [0.1, 0.15) is 61.3 Å². The lowest BCUT2D eigenvalue weighted by molar-refractivity contribution is 0.0600. The molecule has 3 heteroatoms. The first kappa shape index (κ1) is 16.7. The minimum absolute atomic E-state index is 0.453. The summed E-state index contributed by atoms with van der Waals surface area (Å²) in [5.41, 5.74) is 4.82. The lowest BCUT2D eigenvalue weighted by Gasteiger charge is -2.16. The molecule has 0 saturated heterocycles. The molecule has 0 aliphatic rings. The van der Waals surface area contributed by atoms with Gasteiger partial charge < -0.3 is 10.5 Å². The van der Waals surface area contributed by atoms with E-state index in [1.807, 2.05) is 0 Å². The number of primary amides is 1. The van der Waals surface area contributed by atoms with Crippen LogP contribution >= 0.6 is 0 Å². The van der Waals surface area contributed by atoms with E-state index in [2.05, 4.69) is 32.4 Å². The normalized spacial score (nSPS) is 11.4. The Morgan fingerprint density at radius 2 is 1.53 bits per heavy atom. The van der Waals surface area contributed by atoms with Gasteiger partial charge in [-0.3, -0.25) is 0 Å². The SMILES string of the molecule is CC(C)(C)OC(N)=O.CCCC(C)(C)C. The molecule has 0 aliphatic carbocycles. The summed E-state index contributed by atoms with van der Waals surface area (Å²) < 4.78 is 4.58. The van der Waals surface area contributed by atoms with Crippen LogP contribution in [-0.2, 0) is 4.74 Å². The van der Waals surface area contributed by atoms with E-state index in [1.54, 1.807) is 20.8 Å². The van der Waals surface area contributed by atoms with E-state index in [-0.39, 0.29) is 0 Å². The molecule has 1 amide bonds. The molecule has 0 bridgehead atoms. The highest BCUT2D eigenvalue weighted by Crippen LogP contribution is 2.19. The van der Waals surface area contributed by atoms with Crippen LogP contribution in [0.4, 0.5) is 4.79 Å². The second kappa shape index (κ2) is 6.70. The van der Waals surface area contributed by atoms with Gasteiger partial charge in [-0.05, 0) is 32.6 Å². The number of carbonyl (C=O) groups is 1. The Balaban J connectivity index is 0. The Morgan fingerprint density at radius 1 is 1.13 bits per heavy atom. The van der Waals surface area contributed by atoms with Crippen LogP contribution in [0.15, 0.2) is 0 Å². The van der Waals surface area contributed by atoms with Gasteiger partial charge in [0.05, 0.1) is 0 Å². The summed E-state index contributed by atoms with van der Waals surface area (Å²) in [5.74, 6) is 0. The number of hydrogen-bond donors (Lipinski definition) is 1. The summed E-state index contributed by atoms with van der Waals surface area (Å²) in [7, 11) is 0. The predicted molar refractivity (Wildman–Crippen MR) is 64.8 cm³/mol. The summed E-state index contributed by atoms with van der Waals surface area (Å²) >= 11 is 0. The molecule has 2 N–H and O–H groups in total. The highest BCUT2D eigenvalue weighted by atomic mass is 16.6. The average molecular weight is 217 g/mol. The van der Waals surface area contributed by atoms with Gasteiger partial charge in [0.2, 0.25) is 0 Å². The topological polar surface area (TPSA) is 52.3 Å². The summed E-state index contributed by atoms with van der Waals surface area (Å²) in [4.78, 5) is 10.0. The Hall–Kier alpha value is -0.730. The third-order valence-electron chi connectivity index (χ3n) is 1.41. The first-order valence-corrected chi connectivity index (χ1v) is 5.46. The van der Waals surface area contributed by atoms with Gasteiger partial charge in [0.15, 0.2) is 0 Å². The maximum absolute atomic E-state index is 10.0. The minimum Gasteiger partial charge on any atom is -0.444 e. The highest BCUT2D eigenvalue weighted by Gasteiger charge is 2.12. The molecule has 0 radical (unpaired) electrons. The van der Waals surface area contributed by atoms with E-state index < -0.39 is 11.7 Å². The second-order valence-corrected chi connectivity index (χ2v) is 5.84. The van der Waals surface area contributed by atoms with Crippen molar-refractivity contribution in [3.05, 3.63) is 0 Å². The predicted octanol–water partition coefficient (Wildman–Crippen LogP) is 3.71. The van der Waals surface area contributed by atoms with E-state index in [4.69, 9.17) is 5.73 Å². The van der Waals surface area contributed by atoms with Crippen LogP contribution < -0.4 is 5.73 Å². The number of nitrogens with two attached hydrogens (primary N) is 1. The molecule has 0 saturated carbocycles. The van der Waals surface area contributed by atoms with Crippen molar-refractivity contribution in [2.24, 2.45) is 11.1 Å². The van der Waals surface area contributed by atoms with Crippen LogP contribution in [0.2, 0.25) is 0 Å². The Morgan fingerprint density at radius 3 is 1.53 bits per heavy atom. The lowest BCUT2D eigenvalue weighted by Crippen LogP contribution is -2.27. The van der Waals surface area contributed by atoms with Crippen molar-refractivity contribution in [1.29, 1.82) is 0 Å². The van der Waals surface area contributed by atoms with Crippen molar-refractivity contribution < 1.29 is 9.53 Å². The molecule has 0 aromatic rings. The maximum Gasteiger partial charge on any atom is 0.405 e. The van der Waals surface area contributed by atoms with Crippen LogP contribution in [0.25, 0.3) is 0 Å². The Kier molecular flexibility index (Phi) is 7.45. The zero-order chi connectivity index (χ0) is 12.7. The molecule has 0 unspecified atom stereocenters. The van der Waals surface area contributed by atoms with Crippen LogP contribution in [0, 0.1) is 5.41 Å². The van der Waals surface area contributed by atoms with Crippen molar-refractivity contribution >= 4 is 6.09 Å². The number of rotatable bonds is 1. The smallest absolute Gasteiger partial charge is 0.405 e. The minimum atomic E-state index is -0.725. The Labute approximate surface area is 94.4 Å². The summed E-state index contributed by atoms with van der Waals surface area (Å²) in [6.07, 6.45) is 1.92. The van der Waals surface area contributed by atoms with Gasteiger partial charge in [-0.15, -0.1) is 0 Å². The Bertz CT molecular complexity index is 175. The molecule has 0 atom stereocenters. The molecule has 92 valence electrons. The van der Waals surface area contributed by atoms with Gasteiger partial charge in [-0.1, -0.05) is 34.1 Å². The number of hydrogen-bond acceptors (Lipinski definition) is 2. The molecule has 3 nitrogen and oxygen atoms in total. The fourth-order valence-corrected chi connectivity index (χ4v) is 1.05. The van der Waals surface area contributed by atoms with Gasteiger partial charge in [-0.2, -0.15) is 0 Å². The highest BCUT2D eigenvalue weighted by molar-refractivity contribution is 5.65. The van der Waals surface area contributed by atoms with Gasteiger partial charge >= 0.3 is 6.09 Å². The van der Waals surface area contributed by atoms with E-state index in [1.165, 1.54) is 12.8 Å². The number of carbonyl (C=O) groups excluding carboxylic acids is 1. The third kappa shape index (κ3) is 24.6. The molecule has 15 heavy (non-hydrogen) atoms. The fraction of sp³-hybridized carbons (Fsp3) is 0.917. The zero-order valence-corrected chi connectivity index (χ0v) is 11.3. The van der Waals surface area contributed by atoms with Gasteiger partial charge in [-0.25, -0.2) is 4.79 Å². The van der Waals surface area contributed by atoms with Crippen molar-refractivity contribution in [3.8, 4) is 0 Å². The molecule has 0 aromatic heterocycles. The maximum atomic E-state index is 10.0. The average Bonchev–Trinajstić information content (AvgIpc) is 1.77. The van der Waals surface area contributed by atoms with Crippen molar-refractivity contribution in [2.45, 2.75) is 66.9 Å². The lowest BCUT2D eigenvalue weighted by atomic mass is 9.91. The summed E-state index contributed by atoms with van der Waals surface area (Å²) in [5, 5.41) is 0. The molecular formula is C12H27NO2. The quantitative estimate of drug-likeness (QED) is 0.728. The monoisotopic (exact) mass is 217 g/mol. The van der Waals surface area contributed by atoms with E-state index >= 15 is 0 Å². The van der Waals surface area contributed by atoms with Gasteiger partial charge in [0.25, 0.3) is 0 Å². The van der Waals surface area contributed by atoms with Crippen LogP contribution in [0.5, 0.6) is 0 Å². The molecular weight excluding hydrogens is 190 g/mol. The standard InChI is InChI=1S/C7H16.C5H11NO2/c1-5-6-7(2,3)4;1-5(2,3)8-4(6)7/h5-6H2,1-4H3;1-3H3,(H2,6,7). The molecule has 0 aromatic carbocycles. The number of ether oxygens (including phenoxy) is 1.